The maximum atomic E-state index is 13.6. The third-order valence-corrected chi connectivity index (χ3v) is 3.07. The van der Waals surface area contributed by atoms with Gasteiger partial charge in [-0.2, -0.15) is 4.39 Å². The van der Waals surface area contributed by atoms with Crippen molar-refractivity contribution in [1.29, 1.82) is 0 Å². The minimum atomic E-state index is -1.80. The van der Waals surface area contributed by atoms with Crippen molar-refractivity contribution in [3.8, 4) is 0 Å². The lowest BCUT2D eigenvalue weighted by Gasteiger charge is -2.12. The molecule has 0 aliphatic rings. The van der Waals surface area contributed by atoms with Crippen LogP contribution in [0.3, 0.4) is 0 Å². The van der Waals surface area contributed by atoms with E-state index in [9.17, 15) is 28.5 Å². The number of nitrogens with zero attached hydrogens (tertiary/aromatic N) is 2. The van der Waals surface area contributed by atoms with Crippen molar-refractivity contribution in [2.24, 2.45) is 0 Å². The van der Waals surface area contributed by atoms with E-state index in [1.165, 1.54) is 25.9 Å². The zero-order chi connectivity index (χ0) is 18.6. The third-order valence-electron chi connectivity index (χ3n) is 2.69. The third kappa shape index (κ3) is 4.05. The Balaban J connectivity index is 3.56. The van der Waals surface area contributed by atoms with Gasteiger partial charge in [-0.05, 0) is 13.0 Å². The zero-order valence-electron chi connectivity index (χ0n) is 12.9. The summed E-state index contributed by atoms with van der Waals surface area (Å²) in [6.07, 6.45) is 1.09. The molecule has 1 aromatic rings. The number of hydrogen-bond acceptors (Lipinski definition) is 6. The predicted octanol–water partition coefficient (Wildman–Crippen LogP) is 2.72. The molecule has 10 heteroatoms. The van der Waals surface area contributed by atoms with Gasteiger partial charge in [0.25, 0.3) is 0 Å². The van der Waals surface area contributed by atoms with E-state index in [-0.39, 0.29) is 6.61 Å². The Morgan fingerprint density at radius 3 is 2.46 bits per heavy atom. The van der Waals surface area contributed by atoms with Crippen LogP contribution in [-0.4, -0.2) is 42.3 Å². The second kappa shape index (κ2) is 7.82. The molecule has 130 valence electrons. The highest BCUT2D eigenvalue weighted by Gasteiger charge is 2.32. The highest BCUT2D eigenvalue weighted by Crippen LogP contribution is 2.34. The number of carbonyl (C=O) groups is 2. The largest absolute Gasteiger partial charge is 0.462 e. The fraction of sp³-hybridized carbons (Fsp3) is 0.286. The molecular formula is C14H13ClF2N2O5. The van der Waals surface area contributed by atoms with E-state index in [0.717, 1.165) is 6.20 Å². The van der Waals surface area contributed by atoms with E-state index in [4.69, 9.17) is 16.3 Å². The van der Waals surface area contributed by atoms with Gasteiger partial charge in [0.05, 0.1) is 17.1 Å². The van der Waals surface area contributed by atoms with Gasteiger partial charge in [0.2, 0.25) is 11.6 Å². The Morgan fingerprint density at radius 2 is 2.00 bits per heavy atom. The molecule has 7 nitrogen and oxygen atoms in total. The number of hydrogen-bond donors (Lipinski definition) is 0. The van der Waals surface area contributed by atoms with Crippen LogP contribution in [0.4, 0.5) is 14.5 Å². The van der Waals surface area contributed by atoms with Gasteiger partial charge in [0.1, 0.15) is 10.6 Å². The van der Waals surface area contributed by atoms with Crippen LogP contribution in [0.5, 0.6) is 0 Å². The van der Waals surface area contributed by atoms with Gasteiger partial charge in [-0.3, -0.25) is 14.9 Å². The van der Waals surface area contributed by atoms with Gasteiger partial charge in [-0.15, -0.1) is 0 Å². The molecule has 0 aliphatic heterocycles. The predicted molar refractivity (Wildman–Crippen MR) is 80.8 cm³/mol. The second-order valence-corrected chi connectivity index (χ2v) is 5.07. The fourth-order valence-corrected chi connectivity index (χ4v) is 2.02. The summed E-state index contributed by atoms with van der Waals surface area (Å²) in [7, 11) is 3.00. The molecule has 0 unspecified atom stereocenters. The first-order valence-corrected chi connectivity index (χ1v) is 6.91. The molecule has 1 aromatic carbocycles. The minimum Gasteiger partial charge on any atom is -0.462 e. The van der Waals surface area contributed by atoms with Crippen molar-refractivity contribution in [1.82, 2.24) is 4.90 Å². The fourth-order valence-electron chi connectivity index (χ4n) is 1.73. The summed E-state index contributed by atoms with van der Waals surface area (Å²) in [5, 5.41) is 9.94. The van der Waals surface area contributed by atoms with Crippen LogP contribution >= 0.6 is 11.6 Å². The summed E-state index contributed by atoms with van der Waals surface area (Å²) in [6.45, 7) is 1.47. The standard InChI is InChI=1S/C14H13ClF2N2O5/c1-4-24-14(21)8(6-18(2)3)13(20)7-5-9(16)11(17)12(10(7)15)19(22)23/h5-6H,4H2,1-3H3/b8-6+. The molecule has 0 spiro atoms. The number of Topliss-reactive ketones (excluding diaryl/α,β-unsaturated/α-hetero) is 1. The number of esters is 1. The number of benzene rings is 1. The average molecular weight is 363 g/mol. The van der Waals surface area contributed by atoms with Crippen molar-refractivity contribution in [2.45, 2.75) is 6.92 Å². The molecule has 0 heterocycles. The number of nitro groups is 1. The lowest BCUT2D eigenvalue weighted by molar-refractivity contribution is -0.387. The molecule has 0 bridgehead atoms. The van der Waals surface area contributed by atoms with Crippen LogP contribution in [0.2, 0.25) is 5.02 Å². The number of halogens is 3. The Hall–Kier alpha value is -2.55. The molecule has 0 aromatic heterocycles. The van der Waals surface area contributed by atoms with Crippen molar-refractivity contribution in [3.63, 3.8) is 0 Å². The average Bonchev–Trinajstić information content (AvgIpc) is 2.47. The van der Waals surface area contributed by atoms with Gasteiger partial charge < -0.3 is 9.64 Å². The number of rotatable bonds is 6. The quantitative estimate of drug-likeness (QED) is 0.113. The molecular weight excluding hydrogens is 350 g/mol. The molecule has 0 amide bonds. The van der Waals surface area contributed by atoms with Crippen molar-refractivity contribution < 1.29 is 28.0 Å². The van der Waals surface area contributed by atoms with Crippen LogP contribution in [0.25, 0.3) is 0 Å². The molecule has 24 heavy (non-hydrogen) atoms. The number of ether oxygens (including phenoxy) is 1. The van der Waals surface area contributed by atoms with Crippen LogP contribution in [0.15, 0.2) is 17.8 Å². The lowest BCUT2D eigenvalue weighted by atomic mass is 10.0. The maximum Gasteiger partial charge on any atom is 0.343 e. The van der Waals surface area contributed by atoms with Crippen molar-refractivity contribution in [3.05, 3.63) is 50.2 Å². The summed E-state index contributed by atoms with van der Waals surface area (Å²) < 4.78 is 31.8. The Morgan fingerprint density at radius 1 is 1.42 bits per heavy atom. The number of carbonyl (C=O) groups excluding carboxylic acids is 2. The lowest BCUT2D eigenvalue weighted by Crippen LogP contribution is -2.20. The monoisotopic (exact) mass is 362 g/mol. The Kier molecular flexibility index (Phi) is 6.35. The van der Waals surface area contributed by atoms with Crippen LogP contribution in [-0.2, 0) is 9.53 Å². The second-order valence-electron chi connectivity index (χ2n) is 4.70. The smallest absolute Gasteiger partial charge is 0.343 e. The topological polar surface area (TPSA) is 89.8 Å². The van der Waals surface area contributed by atoms with Crippen molar-refractivity contribution >= 4 is 29.0 Å². The first-order chi connectivity index (χ1) is 11.1. The molecule has 0 fully saturated rings. The molecule has 0 N–H and O–H groups in total. The highest BCUT2D eigenvalue weighted by atomic mass is 35.5. The summed E-state index contributed by atoms with van der Waals surface area (Å²) in [5.74, 6) is -5.59. The van der Waals surface area contributed by atoms with Gasteiger partial charge in [-0.25, -0.2) is 9.18 Å². The zero-order valence-corrected chi connectivity index (χ0v) is 13.7. The van der Waals surface area contributed by atoms with E-state index >= 15 is 0 Å². The first kappa shape index (κ1) is 19.5. The summed E-state index contributed by atoms with van der Waals surface area (Å²) >= 11 is 5.68. The van der Waals surface area contributed by atoms with Gasteiger partial charge in [0.15, 0.2) is 5.82 Å². The Bertz CT molecular complexity index is 734. The molecule has 0 radical (unpaired) electrons. The Labute approximate surface area is 140 Å². The van der Waals surface area contributed by atoms with E-state index < -0.39 is 50.2 Å². The first-order valence-electron chi connectivity index (χ1n) is 6.53. The summed E-state index contributed by atoms with van der Waals surface area (Å²) in [6, 6.07) is 0.399. The van der Waals surface area contributed by atoms with Crippen LogP contribution in [0, 0.1) is 21.7 Å². The van der Waals surface area contributed by atoms with Crippen LogP contribution in [0.1, 0.15) is 17.3 Å². The molecule has 0 atom stereocenters. The maximum absolute atomic E-state index is 13.6. The van der Waals surface area contributed by atoms with E-state index in [1.54, 1.807) is 0 Å². The van der Waals surface area contributed by atoms with E-state index in [2.05, 4.69) is 0 Å². The normalized spacial score (nSPS) is 11.2. The van der Waals surface area contributed by atoms with Gasteiger partial charge in [0, 0.05) is 20.3 Å². The molecule has 0 saturated heterocycles. The molecule has 0 aliphatic carbocycles. The van der Waals surface area contributed by atoms with Gasteiger partial charge in [-0.1, -0.05) is 11.6 Å². The van der Waals surface area contributed by atoms with Crippen LogP contribution < -0.4 is 0 Å². The van der Waals surface area contributed by atoms with E-state index in [1.807, 2.05) is 0 Å². The minimum absolute atomic E-state index is 0.0391. The SMILES string of the molecule is CCOC(=O)/C(=C/N(C)C)C(=O)c1cc(F)c(F)c([N+](=O)[O-])c1Cl. The molecule has 1 rings (SSSR count). The molecule has 0 saturated carbocycles. The summed E-state index contributed by atoms with van der Waals surface area (Å²) in [4.78, 5) is 35.3. The van der Waals surface area contributed by atoms with E-state index in [0.29, 0.717) is 6.07 Å². The van der Waals surface area contributed by atoms with Crippen molar-refractivity contribution in [2.75, 3.05) is 20.7 Å². The highest BCUT2D eigenvalue weighted by molar-refractivity contribution is 6.38. The number of ketones is 1. The number of nitro benzene ring substituents is 1. The van der Waals surface area contributed by atoms with Gasteiger partial charge >= 0.3 is 11.7 Å². The summed E-state index contributed by atoms with van der Waals surface area (Å²) in [5.41, 5.74) is -2.64.